The highest BCUT2D eigenvalue weighted by Gasteiger charge is 2.02. The first-order valence-corrected chi connectivity index (χ1v) is 4.44. The minimum absolute atomic E-state index is 0.0717. The van der Waals surface area contributed by atoms with E-state index in [1.54, 1.807) is 6.08 Å². The Balaban J connectivity index is 2.75. The molecule has 70 valence electrons. The third-order valence-corrected chi connectivity index (χ3v) is 1.68. The number of rotatable bonds is 1. The Kier molecular flexibility index (Phi) is 2.76. The van der Waals surface area contributed by atoms with Crippen molar-refractivity contribution >= 4 is 0 Å². The fraction of sp³-hybridized carbons (Fsp3) is 0.333. The summed E-state index contributed by atoms with van der Waals surface area (Å²) >= 11 is 0. The molecule has 0 aliphatic heterocycles. The second-order valence-corrected chi connectivity index (χ2v) is 4.24. The largest absolute Gasteiger partial charge is 0.872 e. The van der Waals surface area contributed by atoms with Crippen LogP contribution in [0.2, 0.25) is 0 Å². The Labute approximate surface area is 79.8 Å². The van der Waals surface area contributed by atoms with Crippen LogP contribution >= 0.6 is 0 Å². The molecule has 0 saturated heterocycles. The molecule has 1 nitrogen and oxygen atoms in total. The van der Waals surface area contributed by atoms with Gasteiger partial charge in [-0.3, -0.25) is 0 Å². The molecule has 0 fully saturated rings. The van der Waals surface area contributed by atoms with Gasteiger partial charge in [-0.25, -0.2) is 0 Å². The molecule has 0 aromatic carbocycles. The zero-order valence-corrected chi connectivity index (χ0v) is 8.37. The predicted octanol–water partition coefficient (Wildman–Crippen LogP) is 2.33. The summed E-state index contributed by atoms with van der Waals surface area (Å²) < 4.78 is 0. The van der Waals surface area contributed by atoms with Crippen molar-refractivity contribution in [2.75, 3.05) is 0 Å². The van der Waals surface area contributed by atoms with E-state index in [9.17, 15) is 5.11 Å². The van der Waals surface area contributed by atoms with Gasteiger partial charge < -0.3 is 5.11 Å². The van der Waals surface area contributed by atoms with Crippen molar-refractivity contribution in [1.82, 2.24) is 0 Å². The van der Waals surface area contributed by atoms with E-state index in [0.717, 1.165) is 5.57 Å². The Hall–Kier alpha value is -1.24. The molecule has 1 aliphatic carbocycles. The van der Waals surface area contributed by atoms with Crippen LogP contribution in [0.25, 0.3) is 0 Å². The molecule has 0 heterocycles. The van der Waals surface area contributed by atoms with Crippen molar-refractivity contribution in [2.45, 2.75) is 20.8 Å². The van der Waals surface area contributed by atoms with Crippen LogP contribution in [0.1, 0.15) is 20.8 Å². The maximum atomic E-state index is 11.5. The number of hydrogen-bond acceptors (Lipinski definition) is 1. The molecule has 1 rings (SSSR count). The topological polar surface area (TPSA) is 23.1 Å². The van der Waals surface area contributed by atoms with Crippen LogP contribution < -0.4 is 5.11 Å². The van der Waals surface area contributed by atoms with Crippen molar-refractivity contribution in [3.05, 3.63) is 47.8 Å². The van der Waals surface area contributed by atoms with Crippen molar-refractivity contribution in [3.63, 3.8) is 0 Å². The maximum Gasteiger partial charge on any atom is -0.0200 e. The standard InChI is InChI=1S/C12H16O/c1-12(2,3)9-8-11(13)10-6-4-5-7-10/h4-9,13H,1-3H3/p-1. The minimum Gasteiger partial charge on any atom is -0.872 e. The molecular weight excluding hydrogens is 160 g/mol. The lowest BCUT2D eigenvalue weighted by Gasteiger charge is -2.14. The average molecular weight is 175 g/mol. The maximum absolute atomic E-state index is 11.5. The molecule has 0 bridgehead atoms. The Morgan fingerprint density at radius 3 is 2.23 bits per heavy atom. The van der Waals surface area contributed by atoms with E-state index in [2.05, 4.69) is 20.8 Å². The molecule has 0 atom stereocenters. The van der Waals surface area contributed by atoms with Crippen molar-refractivity contribution in [3.8, 4) is 0 Å². The lowest BCUT2D eigenvalue weighted by Crippen LogP contribution is -2.05. The van der Waals surface area contributed by atoms with Gasteiger partial charge in [0.15, 0.2) is 0 Å². The molecule has 0 N–H and O–H groups in total. The van der Waals surface area contributed by atoms with Crippen molar-refractivity contribution in [2.24, 2.45) is 5.41 Å². The first-order valence-electron chi connectivity index (χ1n) is 4.44. The highest BCUT2D eigenvalue weighted by Crippen LogP contribution is 2.17. The van der Waals surface area contributed by atoms with Gasteiger partial charge in [0.05, 0.1) is 0 Å². The molecule has 0 amide bonds. The zero-order chi connectivity index (χ0) is 9.90. The van der Waals surface area contributed by atoms with Crippen LogP contribution in [0.3, 0.4) is 0 Å². The summed E-state index contributed by atoms with van der Waals surface area (Å²) in [6.45, 7) is 6.21. The van der Waals surface area contributed by atoms with Crippen molar-refractivity contribution < 1.29 is 5.11 Å². The monoisotopic (exact) mass is 175 g/mol. The zero-order valence-electron chi connectivity index (χ0n) is 8.37. The summed E-state index contributed by atoms with van der Waals surface area (Å²) in [6, 6.07) is 0. The smallest absolute Gasteiger partial charge is 0.0200 e. The van der Waals surface area contributed by atoms with Gasteiger partial charge in [0.1, 0.15) is 0 Å². The van der Waals surface area contributed by atoms with Gasteiger partial charge in [-0.1, -0.05) is 57.2 Å². The van der Waals surface area contributed by atoms with Gasteiger partial charge >= 0.3 is 0 Å². The van der Waals surface area contributed by atoms with Crippen LogP contribution in [-0.4, -0.2) is 0 Å². The summed E-state index contributed by atoms with van der Waals surface area (Å²) in [5, 5.41) is 11.5. The third kappa shape index (κ3) is 3.32. The van der Waals surface area contributed by atoms with E-state index >= 15 is 0 Å². The molecule has 13 heavy (non-hydrogen) atoms. The van der Waals surface area contributed by atoms with E-state index in [-0.39, 0.29) is 11.2 Å². The summed E-state index contributed by atoms with van der Waals surface area (Å²) in [6.07, 6.45) is 11.0. The van der Waals surface area contributed by atoms with Gasteiger partial charge in [-0.05, 0) is 11.0 Å². The van der Waals surface area contributed by atoms with Gasteiger partial charge in [0, 0.05) is 0 Å². The molecule has 0 spiro atoms. The molecule has 0 saturated carbocycles. The van der Waals surface area contributed by atoms with Crippen molar-refractivity contribution in [1.29, 1.82) is 0 Å². The van der Waals surface area contributed by atoms with E-state index < -0.39 is 0 Å². The molecule has 0 aromatic rings. The first kappa shape index (κ1) is 9.85. The molecule has 1 heteroatoms. The average Bonchev–Trinajstić information content (AvgIpc) is 2.50. The Bertz CT molecular complexity index is 282. The minimum atomic E-state index is 0.0717. The highest BCUT2D eigenvalue weighted by atomic mass is 16.3. The summed E-state index contributed by atoms with van der Waals surface area (Å²) in [5.74, 6) is 0.0833. The van der Waals surface area contributed by atoms with Gasteiger partial charge in [-0.15, -0.1) is 5.76 Å². The fourth-order valence-corrected chi connectivity index (χ4v) is 0.960. The van der Waals surface area contributed by atoms with E-state index in [0.29, 0.717) is 0 Å². The number of hydrogen-bond donors (Lipinski definition) is 0. The van der Waals surface area contributed by atoms with Crippen LogP contribution in [-0.2, 0) is 0 Å². The lowest BCUT2D eigenvalue weighted by atomic mass is 9.96. The lowest BCUT2D eigenvalue weighted by molar-refractivity contribution is -0.295. The molecular formula is C12H15O-. The summed E-state index contributed by atoms with van der Waals surface area (Å²) in [7, 11) is 0. The summed E-state index contributed by atoms with van der Waals surface area (Å²) in [5.41, 5.74) is 0.836. The second-order valence-electron chi connectivity index (χ2n) is 4.24. The van der Waals surface area contributed by atoms with Crippen LogP contribution in [0.4, 0.5) is 0 Å². The highest BCUT2D eigenvalue weighted by molar-refractivity contribution is 5.43. The molecule has 0 aromatic heterocycles. The van der Waals surface area contributed by atoms with Gasteiger partial charge in [0.2, 0.25) is 0 Å². The molecule has 1 aliphatic rings. The Morgan fingerprint density at radius 1 is 1.23 bits per heavy atom. The number of allylic oxidation sites excluding steroid dienone is 7. The normalized spacial score (nSPS) is 16.1. The molecule has 0 radical (unpaired) electrons. The fourth-order valence-electron chi connectivity index (χ4n) is 0.960. The predicted molar refractivity (Wildman–Crippen MR) is 53.9 cm³/mol. The Morgan fingerprint density at radius 2 is 1.77 bits per heavy atom. The van der Waals surface area contributed by atoms with Crippen LogP contribution in [0.15, 0.2) is 47.8 Å². The van der Waals surface area contributed by atoms with Crippen LogP contribution in [0, 0.1) is 5.41 Å². The summed E-state index contributed by atoms with van der Waals surface area (Å²) in [4.78, 5) is 0. The van der Waals surface area contributed by atoms with E-state index in [1.807, 2.05) is 30.4 Å². The van der Waals surface area contributed by atoms with Crippen LogP contribution in [0.5, 0.6) is 0 Å². The van der Waals surface area contributed by atoms with E-state index in [1.165, 1.54) is 0 Å². The SMILES string of the molecule is CC(C)(C)C=CC([O-])=C1C=CC=C1. The molecule has 0 unspecified atom stereocenters. The third-order valence-electron chi connectivity index (χ3n) is 1.68. The first-order chi connectivity index (χ1) is 5.99. The van der Waals surface area contributed by atoms with Gasteiger partial charge in [0.25, 0.3) is 0 Å². The quantitative estimate of drug-likeness (QED) is 0.561. The van der Waals surface area contributed by atoms with E-state index in [4.69, 9.17) is 0 Å². The second kappa shape index (κ2) is 3.65. The van der Waals surface area contributed by atoms with Gasteiger partial charge in [-0.2, -0.15) is 0 Å².